The number of hydrogen-bond acceptors (Lipinski definition) is 3. The van der Waals surface area contributed by atoms with Gasteiger partial charge in [-0.3, -0.25) is 4.79 Å². The molecule has 0 bridgehead atoms. The second-order valence-electron chi connectivity index (χ2n) is 4.69. The van der Waals surface area contributed by atoms with Gasteiger partial charge in [0.25, 0.3) is 0 Å². The van der Waals surface area contributed by atoms with E-state index in [1.54, 1.807) is 26.4 Å². The van der Waals surface area contributed by atoms with Crippen molar-refractivity contribution in [2.75, 3.05) is 19.5 Å². The first kappa shape index (κ1) is 12.7. The minimum absolute atomic E-state index is 0.0738. The fraction of sp³-hybridized carbons (Fsp3) is 0.500. The fourth-order valence-electron chi connectivity index (χ4n) is 1.98. The first-order valence-electron chi connectivity index (χ1n) is 6.18. The van der Waals surface area contributed by atoms with Crippen LogP contribution in [0.4, 0.5) is 5.69 Å². The van der Waals surface area contributed by atoms with Crippen molar-refractivity contribution in [2.45, 2.75) is 19.8 Å². The van der Waals surface area contributed by atoms with Gasteiger partial charge in [0.05, 0.1) is 14.2 Å². The van der Waals surface area contributed by atoms with Crippen LogP contribution < -0.4 is 14.8 Å². The van der Waals surface area contributed by atoms with Gasteiger partial charge in [0.2, 0.25) is 5.91 Å². The molecule has 4 heteroatoms. The van der Waals surface area contributed by atoms with E-state index >= 15 is 0 Å². The summed E-state index contributed by atoms with van der Waals surface area (Å²) in [5.41, 5.74) is 0.741. The van der Waals surface area contributed by atoms with Crippen molar-refractivity contribution in [3.63, 3.8) is 0 Å². The van der Waals surface area contributed by atoms with E-state index in [0.717, 1.165) is 5.69 Å². The summed E-state index contributed by atoms with van der Waals surface area (Å²) >= 11 is 0. The van der Waals surface area contributed by atoms with Crippen molar-refractivity contribution in [1.29, 1.82) is 0 Å². The lowest BCUT2D eigenvalue weighted by atomic mass is 10.1. The van der Waals surface area contributed by atoms with Gasteiger partial charge in [0.15, 0.2) is 11.5 Å². The molecule has 1 aliphatic rings. The Morgan fingerprint density at radius 1 is 1.28 bits per heavy atom. The normalized spacial score (nSPS) is 15.9. The third kappa shape index (κ3) is 2.75. The SMILES string of the molecule is COc1ccc(NC(=O)C(C)C2CC2)cc1OC. The van der Waals surface area contributed by atoms with E-state index in [1.165, 1.54) is 12.8 Å². The third-order valence-electron chi connectivity index (χ3n) is 3.39. The van der Waals surface area contributed by atoms with Crippen LogP contribution >= 0.6 is 0 Å². The van der Waals surface area contributed by atoms with Gasteiger partial charge < -0.3 is 14.8 Å². The zero-order chi connectivity index (χ0) is 13.1. The number of carbonyl (C=O) groups is 1. The van der Waals surface area contributed by atoms with Gasteiger partial charge in [-0.05, 0) is 30.9 Å². The first-order chi connectivity index (χ1) is 8.65. The van der Waals surface area contributed by atoms with E-state index in [-0.39, 0.29) is 11.8 Å². The highest BCUT2D eigenvalue weighted by Gasteiger charge is 2.32. The molecule has 0 spiro atoms. The number of benzene rings is 1. The topological polar surface area (TPSA) is 47.6 Å². The van der Waals surface area contributed by atoms with Crippen LogP contribution in [0.3, 0.4) is 0 Å². The minimum atomic E-state index is 0.0738. The molecule has 98 valence electrons. The maximum Gasteiger partial charge on any atom is 0.227 e. The molecule has 2 rings (SSSR count). The fourth-order valence-corrected chi connectivity index (χ4v) is 1.98. The predicted molar refractivity (Wildman–Crippen MR) is 70.1 cm³/mol. The molecule has 1 atom stereocenters. The van der Waals surface area contributed by atoms with E-state index in [0.29, 0.717) is 17.4 Å². The van der Waals surface area contributed by atoms with Gasteiger partial charge in [-0.15, -0.1) is 0 Å². The molecular formula is C14H19NO3. The highest BCUT2D eigenvalue weighted by Crippen LogP contribution is 2.37. The minimum Gasteiger partial charge on any atom is -0.493 e. The first-order valence-corrected chi connectivity index (χ1v) is 6.18. The molecule has 4 nitrogen and oxygen atoms in total. The number of anilines is 1. The highest BCUT2D eigenvalue weighted by molar-refractivity contribution is 5.93. The lowest BCUT2D eigenvalue weighted by Gasteiger charge is -2.13. The van der Waals surface area contributed by atoms with Gasteiger partial charge >= 0.3 is 0 Å². The van der Waals surface area contributed by atoms with Gasteiger partial charge in [-0.1, -0.05) is 6.92 Å². The molecule has 1 N–H and O–H groups in total. The largest absolute Gasteiger partial charge is 0.493 e. The van der Waals surface area contributed by atoms with Crippen LogP contribution in [0.5, 0.6) is 11.5 Å². The molecule has 18 heavy (non-hydrogen) atoms. The van der Waals surface area contributed by atoms with E-state index < -0.39 is 0 Å². The van der Waals surface area contributed by atoms with Crippen LogP contribution in [-0.2, 0) is 4.79 Å². The number of carbonyl (C=O) groups excluding carboxylic acids is 1. The van der Waals surface area contributed by atoms with Crippen LogP contribution in [0.1, 0.15) is 19.8 Å². The predicted octanol–water partition coefficient (Wildman–Crippen LogP) is 2.69. The van der Waals surface area contributed by atoms with Crippen LogP contribution in [0.25, 0.3) is 0 Å². The summed E-state index contributed by atoms with van der Waals surface area (Å²) in [4.78, 5) is 12.0. The average Bonchev–Trinajstić information content (AvgIpc) is 3.21. The molecule has 1 unspecified atom stereocenters. The van der Waals surface area contributed by atoms with Crippen molar-refractivity contribution >= 4 is 11.6 Å². The molecule has 1 aromatic carbocycles. The van der Waals surface area contributed by atoms with Gasteiger partial charge in [-0.25, -0.2) is 0 Å². The molecule has 0 aliphatic heterocycles. The van der Waals surface area contributed by atoms with E-state index in [4.69, 9.17) is 9.47 Å². The van der Waals surface area contributed by atoms with Crippen molar-refractivity contribution in [1.82, 2.24) is 0 Å². The summed E-state index contributed by atoms with van der Waals surface area (Å²) in [5, 5.41) is 2.91. The third-order valence-corrected chi connectivity index (χ3v) is 3.39. The highest BCUT2D eigenvalue weighted by atomic mass is 16.5. The molecule has 0 heterocycles. The zero-order valence-corrected chi connectivity index (χ0v) is 11.0. The number of amides is 1. The smallest absolute Gasteiger partial charge is 0.227 e. The Balaban J connectivity index is 2.06. The summed E-state index contributed by atoms with van der Waals surface area (Å²) in [6.07, 6.45) is 2.33. The van der Waals surface area contributed by atoms with Crippen molar-refractivity contribution in [2.24, 2.45) is 11.8 Å². The Morgan fingerprint density at radius 3 is 2.50 bits per heavy atom. The molecule has 1 saturated carbocycles. The molecule has 0 radical (unpaired) electrons. The van der Waals surface area contributed by atoms with E-state index in [9.17, 15) is 4.79 Å². The van der Waals surface area contributed by atoms with Gasteiger partial charge in [0.1, 0.15) is 0 Å². The zero-order valence-electron chi connectivity index (χ0n) is 11.0. The molecule has 0 aromatic heterocycles. The monoisotopic (exact) mass is 249 g/mol. The second-order valence-corrected chi connectivity index (χ2v) is 4.69. The Labute approximate surface area is 107 Å². The van der Waals surface area contributed by atoms with Gasteiger partial charge in [-0.2, -0.15) is 0 Å². The summed E-state index contributed by atoms with van der Waals surface area (Å²) < 4.78 is 10.4. The molecule has 1 aliphatic carbocycles. The standard InChI is InChI=1S/C14H19NO3/c1-9(10-4-5-10)14(16)15-11-6-7-12(17-2)13(8-11)18-3/h6-10H,4-5H2,1-3H3,(H,15,16). The lowest BCUT2D eigenvalue weighted by molar-refractivity contribution is -0.119. The number of ether oxygens (including phenoxy) is 2. The number of rotatable bonds is 5. The van der Waals surface area contributed by atoms with Crippen LogP contribution in [-0.4, -0.2) is 20.1 Å². The second kappa shape index (κ2) is 5.29. The maximum absolute atomic E-state index is 12.0. The molecule has 1 amide bonds. The summed E-state index contributed by atoms with van der Waals surface area (Å²) in [5.74, 6) is 1.99. The van der Waals surface area contributed by atoms with Crippen molar-refractivity contribution in [3.05, 3.63) is 18.2 Å². The van der Waals surface area contributed by atoms with Crippen LogP contribution in [0.2, 0.25) is 0 Å². The Bertz CT molecular complexity index is 441. The molecule has 0 saturated heterocycles. The van der Waals surface area contributed by atoms with E-state index in [1.807, 2.05) is 13.0 Å². The summed E-state index contributed by atoms with van der Waals surface area (Å²) in [6.45, 7) is 1.98. The van der Waals surface area contributed by atoms with Crippen molar-refractivity contribution < 1.29 is 14.3 Å². The maximum atomic E-state index is 12.0. The molecule has 1 fully saturated rings. The Hall–Kier alpha value is -1.71. The lowest BCUT2D eigenvalue weighted by Crippen LogP contribution is -2.21. The molecule has 1 aromatic rings. The van der Waals surface area contributed by atoms with Crippen molar-refractivity contribution in [3.8, 4) is 11.5 Å². The summed E-state index contributed by atoms with van der Waals surface area (Å²) in [6, 6.07) is 5.38. The number of nitrogens with one attached hydrogen (secondary N) is 1. The number of hydrogen-bond donors (Lipinski definition) is 1. The quantitative estimate of drug-likeness (QED) is 0.872. The summed E-state index contributed by atoms with van der Waals surface area (Å²) in [7, 11) is 3.17. The average molecular weight is 249 g/mol. The van der Waals surface area contributed by atoms with E-state index in [2.05, 4.69) is 5.32 Å². The Morgan fingerprint density at radius 2 is 1.94 bits per heavy atom. The number of methoxy groups -OCH3 is 2. The Kier molecular flexibility index (Phi) is 3.75. The van der Waals surface area contributed by atoms with Crippen LogP contribution in [0, 0.1) is 11.8 Å². The molecular weight excluding hydrogens is 230 g/mol. The van der Waals surface area contributed by atoms with Crippen LogP contribution in [0.15, 0.2) is 18.2 Å². The van der Waals surface area contributed by atoms with Gasteiger partial charge in [0, 0.05) is 17.7 Å².